The Bertz CT molecular complexity index is 677. The molecule has 0 saturated heterocycles. The van der Waals surface area contributed by atoms with Crippen molar-refractivity contribution >= 4 is 20.8 Å². The molecule has 0 aliphatic rings. The van der Waals surface area contributed by atoms with Crippen molar-refractivity contribution in [2.24, 2.45) is 0 Å². The van der Waals surface area contributed by atoms with Gasteiger partial charge in [0.05, 0.1) is 16.5 Å². The van der Waals surface area contributed by atoms with Gasteiger partial charge in [0.15, 0.2) is 9.84 Å². The van der Waals surface area contributed by atoms with Crippen molar-refractivity contribution in [3.8, 4) is 0 Å². The van der Waals surface area contributed by atoms with Crippen molar-refractivity contribution in [1.82, 2.24) is 5.32 Å². The lowest BCUT2D eigenvalue weighted by molar-refractivity contribution is 0.453. The predicted octanol–water partition coefficient (Wildman–Crippen LogP) is 3.30. The van der Waals surface area contributed by atoms with Gasteiger partial charge in [-0.25, -0.2) is 8.42 Å². The number of hydrogen-bond donors (Lipinski definition) is 1. The number of sulfone groups is 1. The van der Waals surface area contributed by atoms with Crippen molar-refractivity contribution in [1.29, 1.82) is 0 Å². The predicted molar refractivity (Wildman–Crippen MR) is 86.2 cm³/mol. The Balaban J connectivity index is 2.35. The van der Waals surface area contributed by atoms with E-state index in [9.17, 15) is 8.42 Å². The lowest BCUT2D eigenvalue weighted by Gasteiger charge is -2.23. The van der Waals surface area contributed by atoms with Crippen LogP contribution in [0.5, 0.6) is 0 Å². The molecule has 0 aliphatic heterocycles. The summed E-state index contributed by atoms with van der Waals surface area (Å²) in [5, 5.41) is 4.20. The van der Waals surface area contributed by atoms with Gasteiger partial charge in [0.1, 0.15) is 11.3 Å². The van der Waals surface area contributed by atoms with Crippen molar-refractivity contribution < 1.29 is 12.8 Å². The summed E-state index contributed by atoms with van der Waals surface area (Å²) in [6.07, 6.45) is 0. The molecule has 0 radical (unpaired) electrons. The number of hydrogen-bond acceptors (Lipinski definition) is 4. The summed E-state index contributed by atoms with van der Waals surface area (Å²) in [4.78, 5) is 0. The van der Waals surface area contributed by atoms with E-state index in [0.717, 1.165) is 11.0 Å². The molecule has 1 aromatic heterocycles. The zero-order valence-corrected chi connectivity index (χ0v) is 13.8. The van der Waals surface area contributed by atoms with Crippen LogP contribution < -0.4 is 5.32 Å². The van der Waals surface area contributed by atoms with Gasteiger partial charge in [0, 0.05) is 5.39 Å². The molecular weight excluding hydrogens is 286 g/mol. The van der Waals surface area contributed by atoms with Gasteiger partial charge >= 0.3 is 0 Å². The van der Waals surface area contributed by atoms with Crippen LogP contribution in [0.2, 0.25) is 0 Å². The van der Waals surface area contributed by atoms with E-state index in [1.54, 1.807) is 20.8 Å². The van der Waals surface area contributed by atoms with Gasteiger partial charge in [-0.3, -0.25) is 0 Å². The van der Waals surface area contributed by atoms with E-state index in [2.05, 4.69) is 5.32 Å². The summed E-state index contributed by atoms with van der Waals surface area (Å²) >= 11 is 0. The molecule has 1 aromatic carbocycles. The van der Waals surface area contributed by atoms with Crippen molar-refractivity contribution in [2.45, 2.75) is 38.5 Å². The normalized spacial score (nSPS) is 14.5. The van der Waals surface area contributed by atoms with E-state index >= 15 is 0 Å². The third-order valence-corrected chi connectivity index (χ3v) is 6.20. The molecule has 0 fully saturated rings. The number of rotatable bonds is 5. The molecule has 0 saturated carbocycles. The lowest BCUT2D eigenvalue weighted by atomic mass is 10.2. The van der Waals surface area contributed by atoms with Gasteiger partial charge in [-0.2, -0.15) is 0 Å². The maximum Gasteiger partial charge on any atom is 0.157 e. The van der Waals surface area contributed by atoms with E-state index in [1.165, 1.54) is 0 Å². The number of benzene rings is 1. The molecule has 1 unspecified atom stereocenters. The second-order valence-electron chi connectivity index (χ2n) is 6.19. The molecule has 1 atom stereocenters. The fraction of sp³-hybridized carbons (Fsp3) is 0.500. The number of para-hydroxylation sites is 1. The van der Waals surface area contributed by atoms with Crippen LogP contribution in [0.15, 0.2) is 34.7 Å². The fourth-order valence-electron chi connectivity index (χ4n) is 2.13. The highest BCUT2D eigenvalue weighted by Gasteiger charge is 2.33. The summed E-state index contributed by atoms with van der Waals surface area (Å²) < 4.78 is 29.9. The average Bonchev–Trinajstić information content (AvgIpc) is 2.80. The minimum absolute atomic E-state index is 0.0319. The summed E-state index contributed by atoms with van der Waals surface area (Å²) in [5.41, 5.74) is 0.781. The molecule has 116 valence electrons. The largest absolute Gasteiger partial charge is 0.459 e. The highest BCUT2D eigenvalue weighted by atomic mass is 32.2. The lowest BCUT2D eigenvalue weighted by Crippen LogP contribution is -2.36. The van der Waals surface area contributed by atoms with Crippen LogP contribution in [0.1, 0.15) is 39.5 Å². The molecule has 0 aliphatic carbocycles. The number of furan rings is 1. The SMILES string of the molecule is CCNC(CS(=O)(=O)C(C)(C)C)c1cc2ccccc2o1. The van der Waals surface area contributed by atoms with Gasteiger partial charge in [0.2, 0.25) is 0 Å². The molecule has 2 aromatic rings. The Morgan fingerprint density at radius 2 is 1.90 bits per heavy atom. The minimum Gasteiger partial charge on any atom is -0.459 e. The Labute approximate surface area is 126 Å². The summed E-state index contributed by atoms with van der Waals surface area (Å²) in [6, 6.07) is 9.29. The third-order valence-electron chi connectivity index (χ3n) is 3.56. The fourth-order valence-corrected chi connectivity index (χ4v) is 3.35. The second kappa shape index (κ2) is 5.81. The smallest absolute Gasteiger partial charge is 0.157 e. The standard InChI is InChI=1S/C16H23NO3S/c1-5-17-13(11-21(18,19)16(2,3)4)15-10-12-8-6-7-9-14(12)20-15/h6-10,13,17H,5,11H2,1-4H3. The number of fused-ring (bicyclic) bond motifs is 1. The van der Waals surface area contributed by atoms with E-state index < -0.39 is 14.6 Å². The zero-order valence-electron chi connectivity index (χ0n) is 13.0. The van der Waals surface area contributed by atoms with Gasteiger partial charge in [-0.1, -0.05) is 25.1 Å². The van der Waals surface area contributed by atoms with E-state index in [4.69, 9.17) is 4.42 Å². The van der Waals surface area contributed by atoms with Crippen LogP contribution >= 0.6 is 0 Å². The quantitative estimate of drug-likeness (QED) is 0.920. The van der Waals surface area contributed by atoms with Crippen LogP contribution in [0.3, 0.4) is 0 Å². The van der Waals surface area contributed by atoms with Gasteiger partial charge in [-0.15, -0.1) is 0 Å². The molecule has 2 rings (SSSR count). The van der Waals surface area contributed by atoms with Crippen molar-refractivity contribution in [3.63, 3.8) is 0 Å². The first-order valence-electron chi connectivity index (χ1n) is 7.19. The Kier molecular flexibility index (Phi) is 4.44. The molecule has 21 heavy (non-hydrogen) atoms. The van der Waals surface area contributed by atoms with E-state index in [1.807, 2.05) is 37.3 Å². The Morgan fingerprint density at radius 1 is 1.24 bits per heavy atom. The number of nitrogens with one attached hydrogen (secondary N) is 1. The Hall–Kier alpha value is -1.33. The van der Waals surface area contributed by atoms with Gasteiger partial charge in [0.25, 0.3) is 0 Å². The van der Waals surface area contributed by atoms with Crippen LogP contribution in [-0.2, 0) is 9.84 Å². The van der Waals surface area contributed by atoms with Gasteiger partial charge < -0.3 is 9.73 Å². The van der Waals surface area contributed by atoms with Crippen LogP contribution in [0.4, 0.5) is 0 Å². The Morgan fingerprint density at radius 3 is 2.48 bits per heavy atom. The molecule has 4 nitrogen and oxygen atoms in total. The monoisotopic (exact) mass is 309 g/mol. The maximum absolute atomic E-state index is 12.4. The average molecular weight is 309 g/mol. The summed E-state index contributed by atoms with van der Waals surface area (Å²) in [6.45, 7) is 7.82. The second-order valence-corrected chi connectivity index (χ2v) is 8.98. The molecule has 0 bridgehead atoms. The maximum atomic E-state index is 12.4. The summed E-state index contributed by atoms with van der Waals surface area (Å²) in [5.74, 6) is 0.704. The highest BCUT2D eigenvalue weighted by molar-refractivity contribution is 7.92. The topological polar surface area (TPSA) is 59.3 Å². The molecule has 1 N–H and O–H groups in total. The highest BCUT2D eigenvalue weighted by Crippen LogP contribution is 2.27. The first kappa shape index (κ1) is 16.0. The third kappa shape index (κ3) is 3.47. The summed E-state index contributed by atoms with van der Waals surface area (Å²) in [7, 11) is -3.23. The van der Waals surface area contributed by atoms with Crippen LogP contribution in [-0.4, -0.2) is 25.5 Å². The van der Waals surface area contributed by atoms with Crippen LogP contribution in [0.25, 0.3) is 11.0 Å². The first-order chi connectivity index (χ1) is 9.74. The van der Waals surface area contributed by atoms with E-state index in [0.29, 0.717) is 12.3 Å². The molecule has 0 spiro atoms. The first-order valence-corrected chi connectivity index (χ1v) is 8.84. The van der Waals surface area contributed by atoms with Crippen LogP contribution in [0, 0.1) is 0 Å². The van der Waals surface area contributed by atoms with Gasteiger partial charge in [-0.05, 0) is 39.4 Å². The van der Waals surface area contributed by atoms with Crippen molar-refractivity contribution in [3.05, 3.63) is 36.1 Å². The molecule has 0 amide bonds. The molecule has 5 heteroatoms. The zero-order chi connectivity index (χ0) is 15.7. The molecular formula is C16H23NO3S. The van der Waals surface area contributed by atoms with Crippen molar-refractivity contribution in [2.75, 3.05) is 12.3 Å². The van der Waals surface area contributed by atoms with E-state index in [-0.39, 0.29) is 11.8 Å². The molecule has 1 heterocycles. The minimum atomic E-state index is -3.23.